The lowest BCUT2D eigenvalue weighted by molar-refractivity contribution is 0.0993. The Labute approximate surface area is 132 Å². The quantitative estimate of drug-likeness (QED) is 0.756. The number of carbonyl (C=O) groups excluding carboxylic acids is 1. The van der Waals surface area contributed by atoms with Crippen LogP contribution in [0.4, 0.5) is 0 Å². The molecule has 4 nitrogen and oxygen atoms in total. The third-order valence-corrected chi connectivity index (χ3v) is 4.18. The zero-order chi connectivity index (χ0) is 15.4. The number of Topliss-reactive ketones (excluding diaryl/α,β-unsaturated/α-hetero) is 1. The molecule has 0 saturated heterocycles. The molecule has 0 spiro atoms. The summed E-state index contributed by atoms with van der Waals surface area (Å²) in [6, 6.07) is 6.94. The van der Waals surface area contributed by atoms with Crippen molar-refractivity contribution in [3.05, 3.63) is 39.0 Å². The lowest BCUT2D eigenvalue weighted by atomic mass is 10.1. The van der Waals surface area contributed by atoms with Crippen molar-refractivity contribution in [1.29, 1.82) is 0 Å². The summed E-state index contributed by atoms with van der Waals surface area (Å²) in [5.41, 5.74) is 0.508. The minimum atomic E-state index is -0.0345. The van der Waals surface area contributed by atoms with Gasteiger partial charge in [0.15, 0.2) is 17.3 Å². The van der Waals surface area contributed by atoms with Crippen molar-refractivity contribution < 1.29 is 19.0 Å². The molecule has 0 aliphatic carbocycles. The van der Waals surface area contributed by atoms with Crippen LogP contribution in [-0.2, 0) is 6.42 Å². The number of thiophene rings is 1. The Morgan fingerprint density at radius 2 is 1.71 bits per heavy atom. The highest BCUT2D eigenvalue weighted by Gasteiger charge is 2.17. The number of carbonyl (C=O) groups is 1. The van der Waals surface area contributed by atoms with E-state index in [1.807, 2.05) is 6.07 Å². The maximum atomic E-state index is 12.4. The van der Waals surface area contributed by atoms with E-state index in [9.17, 15) is 4.79 Å². The molecule has 0 amide bonds. The molecule has 6 heteroatoms. The van der Waals surface area contributed by atoms with Crippen LogP contribution in [0.5, 0.6) is 17.2 Å². The van der Waals surface area contributed by atoms with Crippen LogP contribution >= 0.6 is 22.9 Å². The SMILES string of the molecule is COc1cc(C(=O)Cc2ccc(Cl)s2)cc(OC)c1OC. The molecule has 0 aliphatic heterocycles. The Hall–Kier alpha value is -1.72. The number of methoxy groups -OCH3 is 3. The number of benzene rings is 1. The van der Waals surface area contributed by atoms with Gasteiger partial charge in [-0.05, 0) is 24.3 Å². The Kier molecular flexibility index (Phi) is 5.09. The number of rotatable bonds is 6. The average Bonchev–Trinajstić information content (AvgIpc) is 2.90. The fraction of sp³-hybridized carbons (Fsp3) is 0.267. The molecule has 1 aromatic heterocycles. The largest absolute Gasteiger partial charge is 0.493 e. The molecule has 1 heterocycles. The lowest BCUT2D eigenvalue weighted by Gasteiger charge is -2.13. The summed E-state index contributed by atoms with van der Waals surface area (Å²) < 4.78 is 16.4. The molecule has 21 heavy (non-hydrogen) atoms. The zero-order valence-corrected chi connectivity index (χ0v) is 13.5. The van der Waals surface area contributed by atoms with Gasteiger partial charge in [-0.15, -0.1) is 11.3 Å². The normalized spacial score (nSPS) is 10.3. The van der Waals surface area contributed by atoms with Gasteiger partial charge in [-0.3, -0.25) is 4.79 Å². The number of halogens is 1. The van der Waals surface area contributed by atoms with Gasteiger partial charge in [0.2, 0.25) is 5.75 Å². The Bertz CT molecular complexity index is 626. The maximum Gasteiger partial charge on any atom is 0.203 e. The van der Waals surface area contributed by atoms with E-state index in [2.05, 4.69) is 0 Å². The van der Waals surface area contributed by atoms with Gasteiger partial charge in [-0.1, -0.05) is 11.6 Å². The first-order valence-electron chi connectivity index (χ1n) is 6.16. The lowest BCUT2D eigenvalue weighted by Crippen LogP contribution is -2.04. The van der Waals surface area contributed by atoms with Crippen LogP contribution in [0.2, 0.25) is 4.34 Å². The average molecular weight is 327 g/mol. The van der Waals surface area contributed by atoms with Gasteiger partial charge in [0.25, 0.3) is 0 Å². The van der Waals surface area contributed by atoms with Crippen molar-refractivity contribution in [3.8, 4) is 17.2 Å². The molecular weight excluding hydrogens is 312 g/mol. The summed E-state index contributed by atoms with van der Waals surface area (Å²) >= 11 is 7.27. The van der Waals surface area contributed by atoms with Gasteiger partial charge < -0.3 is 14.2 Å². The summed E-state index contributed by atoms with van der Waals surface area (Å²) in [6.07, 6.45) is 0.288. The molecule has 0 unspecified atom stereocenters. The Morgan fingerprint density at radius 1 is 1.10 bits per heavy atom. The van der Waals surface area contributed by atoms with E-state index >= 15 is 0 Å². The van der Waals surface area contributed by atoms with Gasteiger partial charge in [0.1, 0.15) is 0 Å². The molecule has 0 bridgehead atoms. The van der Waals surface area contributed by atoms with Crippen LogP contribution in [0.15, 0.2) is 24.3 Å². The van der Waals surface area contributed by atoms with E-state index < -0.39 is 0 Å². The van der Waals surface area contributed by atoms with Gasteiger partial charge in [-0.25, -0.2) is 0 Å². The monoisotopic (exact) mass is 326 g/mol. The van der Waals surface area contributed by atoms with Crippen molar-refractivity contribution in [2.45, 2.75) is 6.42 Å². The topological polar surface area (TPSA) is 44.8 Å². The van der Waals surface area contributed by atoms with Crippen molar-refractivity contribution in [2.24, 2.45) is 0 Å². The first-order chi connectivity index (χ1) is 10.1. The Balaban J connectivity index is 2.32. The van der Waals surface area contributed by atoms with E-state index in [1.54, 1.807) is 18.2 Å². The third kappa shape index (κ3) is 3.49. The summed E-state index contributed by atoms with van der Waals surface area (Å²) in [4.78, 5) is 13.3. The number of hydrogen-bond donors (Lipinski definition) is 0. The fourth-order valence-electron chi connectivity index (χ4n) is 1.95. The first-order valence-corrected chi connectivity index (χ1v) is 7.36. The molecule has 2 aromatic rings. The molecular formula is C15H15ClO4S. The molecule has 0 N–H and O–H groups in total. The smallest absolute Gasteiger partial charge is 0.203 e. The van der Waals surface area contributed by atoms with E-state index in [0.717, 1.165) is 4.88 Å². The minimum absolute atomic E-state index is 0.0345. The predicted molar refractivity (Wildman–Crippen MR) is 83.5 cm³/mol. The molecule has 0 atom stereocenters. The molecule has 0 fully saturated rings. The minimum Gasteiger partial charge on any atom is -0.493 e. The van der Waals surface area contributed by atoms with E-state index in [1.165, 1.54) is 32.7 Å². The molecule has 112 valence electrons. The van der Waals surface area contributed by atoms with Gasteiger partial charge in [-0.2, -0.15) is 0 Å². The van der Waals surface area contributed by atoms with Crippen LogP contribution in [-0.4, -0.2) is 27.1 Å². The summed E-state index contributed by atoms with van der Waals surface area (Å²) in [5.74, 6) is 1.36. The van der Waals surface area contributed by atoms with Crippen molar-refractivity contribution in [2.75, 3.05) is 21.3 Å². The van der Waals surface area contributed by atoms with Crippen LogP contribution < -0.4 is 14.2 Å². The molecule has 2 rings (SSSR count). The van der Waals surface area contributed by atoms with Crippen LogP contribution in [0, 0.1) is 0 Å². The number of ether oxygens (including phenoxy) is 3. The highest BCUT2D eigenvalue weighted by atomic mass is 35.5. The Morgan fingerprint density at radius 3 is 2.14 bits per heavy atom. The van der Waals surface area contributed by atoms with Crippen LogP contribution in [0.3, 0.4) is 0 Å². The second-order valence-electron chi connectivity index (χ2n) is 4.22. The first kappa shape index (κ1) is 15.7. The predicted octanol–water partition coefficient (Wildman–Crippen LogP) is 3.85. The highest BCUT2D eigenvalue weighted by molar-refractivity contribution is 7.16. The standard InChI is InChI=1S/C15H15ClO4S/c1-18-12-6-9(7-13(19-2)15(12)20-3)11(17)8-10-4-5-14(16)21-10/h4-7H,8H2,1-3H3. The summed E-state index contributed by atoms with van der Waals surface area (Å²) in [5, 5.41) is 0. The second-order valence-corrected chi connectivity index (χ2v) is 6.02. The van der Waals surface area contributed by atoms with Gasteiger partial charge in [0.05, 0.1) is 25.7 Å². The molecule has 0 saturated carbocycles. The summed E-state index contributed by atoms with van der Waals surface area (Å²) in [7, 11) is 4.56. The van der Waals surface area contributed by atoms with E-state index in [0.29, 0.717) is 27.1 Å². The fourth-order valence-corrected chi connectivity index (χ4v) is 3.04. The van der Waals surface area contributed by atoms with Gasteiger partial charge >= 0.3 is 0 Å². The van der Waals surface area contributed by atoms with Gasteiger partial charge in [0, 0.05) is 16.9 Å². The van der Waals surface area contributed by atoms with Crippen molar-refractivity contribution >= 4 is 28.7 Å². The second kappa shape index (κ2) is 6.83. The molecule has 0 radical (unpaired) electrons. The van der Waals surface area contributed by atoms with Crippen molar-refractivity contribution in [1.82, 2.24) is 0 Å². The maximum absolute atomic E-state index is 12.4. The zero-order valence-electron chi connectivity index (χ0n) is 11.9. The van der Waals surface area contributed by atoms with Crippen LogP contribution in [0.25, 0.3) is 0 Å². The number of ketones is 1. The van der Waals surface area contributed by atoms with E-state index in [4.69, 9.17) is 25.8 Å². The highest BCUT2D eigenvalue weighted by Crippen LogP contribution is 2.38. The summed E-state index contributed by atoms with van der Waals surface area (Å²) in [6.45, 7) is 0. The molecule has 1 aromatic carbocycles. The van der Waals surface area contributed by atoms with Crippen LogP contribution in [0.1, 0.15) is 15.2 Å². The van der Waals surface area contributed by atoms with Crippen molar-refractivity contribution in [3.63, 3.8) is 0 Å². The third-order valence-electron chi connectivity index (χ3n) is 2.95. The van der Waals surface area contributed by atoms with E-state index in [-0.39, 0.29) is 12.2 Å². The number of hydrogen-bond acceptors (Lipinski definition) is 5. The molecule has 0 aliphatic rings.